The van der Waals surface area contributed by atoms with Gasteiger partial charge in [-0.2, -0.15) is 0 Å². The molecule has 2 unspecified atom stereocenters. The zero-order chi connectivity index (χ0) is 21.2. The summed E-state index contributed by atoms with van der Waals surface area (Å²) >= 11 is 0. The Labute approximate surface area is 167 Å². The summed E-state index contributed by atoms with van der Waals surface area (Å²) in [6.07, 6.45) is -1.20. The molecule has 0 aromatic heterocycles. The molecule has 1 aliphatic heterocycles. The van der Waals surface area contributed by atoms with Gasteiger partial charge in [-0.15, -0.1) is 0 Å². The molecule has 0 saturated carbocycles. The average molecular weight is 398 g/mol. The number of aliphatic hydroxyl groups excluding tert-OH is 1. The Morgan fingerprint density at radius 2 is 1.52 bits per heavy atom. The minimum atomic E-state index is -1.23. The SMILES string of the molecule is O=C(O)CCC(O)C(=O)c1ccccc1.O=C1CCC(C(=O)c2ccccc2)O1. The van der Waals surface area contributed by atoms with E-state index < -0.39 is 24.0 Å². The van der Waals surface area contributed by atoms with Crippen molar-refractivity contribution in [1.82, 2.24) is 0 Å². The third kappa shape index (κ3) is 6.97. The Balaban J connectivity index is 0.000000207. The fourth-order valence-electron chi connectivity index (χ4n) is 2.68. The highest BCUT2D eigenvalue weighted by Crippen LogP contribution is 2.18. The topological polar surface area (TPSA) is 118 Å². The molecular weight excluding hydrogens is 376 g/mol. The first-order valence-corrected chi connectivity index (χ1v) is 9.16. The maximum Gasteiger partial charge on any atom is 0.306 e. The predicted octanol–water partition coefficient (Wildman–Crippen LogP) is 2.67. The second kappa shape index (κ2) is 10.9. The Bertz CT molecular complexity index is 846. The van der Waals surface area contributed by atoms with Gasteiger partial charge in [0.2, 0.25) is 5.78 Å². The van der Waals surface area contributed by atoms with E-state index in [-0.39, 0.29) is 24.6 Å². The number of aliphatic carboxylic acids is 1. The predicted molar refractivity (Wildman–Crippen MR) is 104 cm³/mol. The van der Waals surface area contributed by atoms with Gasteiger partial charge in [-0.05, 0) is 6.42 Å². The lowest BCUT2D eigenvalue weighted by Gasteiger charge is -2.07. The summed E-state index contributed by atoms with van der Waals surface area (Å²) in [7, 11) is 0. The normalized spacial score (nSPS) is 16.2. The molecule has 1 saturated heterocycles. The molecule has 7 nitrogen and oxygen atoms in total. The Morgan fingerprint density at radius 3 is 2.00 bits per heavy atom. The van der Waals surface area contributed by atoms with Crippen LogP contribution in [0.25, 0.3) is 0 Å². The van der Waals surface area contributed by atoms with Crippen molar-refractivity contribution in [3.63, 3.8) is 0 Å². The van der Waals surface area contributed by atoms with Crippen LogP contribution in [0.2, 0.25) is 0 Å². The molecule has 0 spiro atoms. The number of hydrogen-bond donors (Lipinski definition) is 2. The molecule has 0 radical (unpaired) electrons. The van der Waals surface area contributed by atoms with Crippen LogP contribution in [0.15, 0.2) is 60.7 Å². The van der Waals surface area contributed by atoms with Gasteiger partial charge in [-0.25, -0.2) is 0 Å². The number of carboxylic acids is 1. The maximum atomic E-state index is 11.7. The molecule has 1 heterocycles. The molecule has 152 valence electrons. The minimum absolute atomic E-state index is 0.0525. The van der Waals surface area contributed by atoms with E-state index in [1.54, 1.807) is 54.6 Å². The Hall–Kier alpha value is -3.32. The lowest BCUT2D eigenvalue weighted by molar-refractivity contribution is -0.140. The van der Waals surface area contributed by atoms with Crippen LogP contribution in [0.1, 0.15) is 46.4 Å². The summed E-state index contributed by atoms with van der Waals surface area (Å²) in [5.74, 6) is -1.83. The number of hydrogen-bond acceptors (Lipinski definition) is 6. The van der Waals surface area contributed by atoms with Crippen molar-refractivity contribution in [2.24, 2.45) is 0 Å². The number of ketones is 2. The highest BCUT2D eigenvalue weighted by Gasteiger charge is 2.30. The van der Waals surface area contributed by atoms with Crippen molar-refractivity contribution in [1.29, 1.82) is 0 Å². The first kappa shape index (κ1) is 22.0. The van der Waals surface area contributed by atoms with E-state index >= 15 is 0 Å². The second-order valence-electron chi connectivity index (χ2n) is 6.43. The van der Waals surface area contributed by atoms with E-state index in [0.29, 0.717) is 24.0 Å². The molecule has 7 heteroatoms. The number of Topliss-reactive ketones (excluding diaryl/α,β-unsaturated/α-hetero) is 2. The van der Waals surface area contributed by atoms with Gasteiger partial charge in [0.25, 0.3) is 0 Å². The molecule has 2 atom stereocenters. The quantitative estimate of drug-likeness (QED) is 0.544. The van der Waals surface area contributed by atoms with E-state index in [1.165, 1.54) is 0 Å². The summed E-state index contributed by atoms with van der Waals surface area (Å²) < 4.78 is 4.89. The van der Waals surface area contributed by atoms with Gasteiger partial charge >= 0.3 is 11.9 Å². The van der Waals surface area contributed by atoms with Crippen molar-refractivity contribution < 1.29 is 34.1 Å². The van der Waals surface area contributed by atoms with Crippen LogP contribution in [-0.4, -0.2) is 45.9 Å². The molecule has 3 rings (SSSR count). The zero-order valence-electron chi connectivity index (χ0n) is 15.7. The van der Waals surface area contributed by atoms with Crippen LogP contribution in [0.5, 0.6) is 0 Å². The highest BCUT2D eigenvalue weighted by atomic mass is 16.6. The van der Waals surface area contributed by atoms with Crippen molar-refractivity contribution in [3.05, 3.63) is 71.8 Å². The number of carbonyl (C=O) groups excluding carboxylic acids is 3. The molecule has 2 aromatic rings. The van der Waals surface area contributed by atoms with Gasteiger partial charge in [-0.3, -0.25) is 19.2 Å². The molecule has 2 aromatic carbocycles. The zero-order valence-corrected chi connectivity index (χ0v) is 15.7. The summed E-state index contributed by atoms with van der Waals surface area (Å²) in [6.45, 7) is 0. The third-order valence-corrected chi connectivity index (χ3v) is 4.23. The van der Waals surface area contributed by atoms with Gasteiger partial charge in [0.05, 0.1) is 0 Å². The average Bonchev–Trinajstić information content (AvgIpc) is 3.19. The van der Waals surface area contributed by atoms with Crippen molar-refractivity contribution in [3.8, 4) is 0 Å². The molecule has 0 amide bonds. The molecule has 0 aliphatic carbocycles. The van der Waals surface area contributed by atoms with Gasteiger partial charge in [-0.1, -0.05) is 60.7 Å². The van der Waals surface area contributed by atoms with Gasteiger partial charge in [0, 0.05) is 30.4 Å². The van der Waals surface area contributed by atoms with Crippen LogP contribution >= 0.6 is 0 Å². The van der Waals surface area contributed by atoms with E-state index in [9.17, 15) is 24.3 Å². The number of rotatable bonds is 7. The van der Waals surface area contributed by atoms with Gasteiger partial charge < -0.3 is 14.9 Å². The largest absolute Gasteiger partial charge is 0.481 e. The van der Waals surface area contributed by atoms with E-state index in [4.69, 9.17) is 9.84 Å². The monoisotopic (exact) mass is 398 g/mol. The first-order valence-electron chi connectivity index (χ1n) is 9.16. The van der Waals surface area contributed by atoms with Crippen molar-refractivity contribution >= 4 is 23.5 Å². The van der Waals surface area contributed by atoms with E-state index in [1.807, 2.05) is 6.07 Å². The molecule has 2 N–H and O–H groups in total. The van der Waals surface area contributed by atoms with Crippen LogP contribution in [0, 0.1) is 0 Å². The highest BCUT2D eigenvalue weighted by molar-refractivity contribution is 6.01. The number of cyclic esters (lactones) is 1. The van der Waals surface area contributed by atoms with E-state index in [0.717, 1.165) is 0 Å². The first-order chi connectivity index (χ1) is 13.9. The van der Waals surface area contributed by atoms with Crippen molar-refractivity contribution in [2.45, 2.75) is 37.9 Å². The number of carbonyl (C=O) groups is 4. The summed E-state index contributed by atoms with van der Waals surface area (Å²) in [4.78, 5) is 44.3. The Morgan fingerprint density at radius 1 is 0.966 bits per heavy atom. The van der Waals surface area contributed by atoms with Crippen molar-refractivity contribution in [2.75, 3.05) is 0 Å². The summed E-state index contributed by atoms with van der Waals surface area (Å²) in [6, 6.07) is 17.2. The Kier molecular flexibility index (Phi) is 8.24. The van der Waals surface area contributed by atoms with Crippen LogP contribution < -0.4 is 0 Å². The number of ether oxygens (including phenoxy) is 1. The second-order valence-corrected chi connectivity index (χ2v) is 6.43. The molecule has 1 aliphatic rings. The molecule has 29 heavy (non-hydrogen) atoms. The lowest BCUT2D eigenvalue weighted by atomic mass is 10.0. The standard InChI is InChI=1S/C11H12O4.C11H10O3/c12-9(6-7-10(13)14)11(15)8-4-2-1-3-5-8;12-10-7-6-9(14-10)11(13)8-4-2-1-3-5-8/h1-5,9,12H,6-7H2,(H,13,14);1-5,9H,6-7H2. The van der Waals surface area contributed by atoms with Gasteiger partial charge in [0.15, 0.2) is 11.9 Å². The number of carboxylic acid groups (broad SMARTS) is 1. The number of aliphatic hydroxyl groups is 1. The smallest absolute Gasteiger partial charge is 0.306 e. The van der Waals surface area contributed by atoms with Gasteiger partial charge in [0.1, 0.15) is 6.10 Å². The summed E-state index contributed by atoms with van der Waals surface area (Å²) in [5, 5.41) is 17.8. The maximum absolute atomic E-state index is 11.7. The van der Waals surface area contributed by atoms with Crippen LogP contribution in [0.4, 0.5) is 0 Å². The van der Waals surface area contributed by atoms with Crippen LogP contribution in [-0.2, 0) is 14.3 Å². The molecular formula is C22H22O7. The van der Waals surface area contributed by atoms with Crippen LogP contribution in [0.3, 0.4) is 0 Å². The molecule has 0 bridgehead atoms. The fourth-order valence-corrected chi connectivity index (χ4v) is 2.68. The summed E-state index contributed by atoms with van der Waals surface area (Å²) in [5.41, 5.74) is 1.00. The fraction of sp³-hybridized carbons (Fsp3) is 0.273. The molecule has 1 fully saturated rings. The lowest BCUT2D eigenvalue weighted by Crippen LogP contribution is -2.21. The number of esters is 1. The third-order valence-electron chi connectivity index (χ3n) is 4.23. The number of benzene rings is 2. The minimum Gasteiger partial charge on any atom is -0.481 e. The van der Waals surface area contributed by atoms with E-state index in [2.05, 4.69) is 0 Å².